The van der Waals surface area contributed by atoms with Gasteiger partial charge in [-0.1, -0.05) is 17.7 Å². The Morgan fingerprint density at radius 3 is 2.76 bits per heavy atom. The van der Waals surface area contributed by atoms with Crippen LogP contribution in [0.5, 0.6) is 0 Å². The SMILES string of the molecule is C=CCC(NC(=O)c1ccc(Cl)nc1)C(=O)O. The molecule has 2 N–H and O–H groups in total. The van der Waals surface area contributed by atoms with Crippen LogP contribution in [0.25, 0.3) is 0 Å². The van der Waals surface area contributed by atoms with Gasteiger partial charge in [0.25, 0.3) is 5.91 Å². The van der Waals surface area contributed by atoms with E-state index in [0.29, 0.717) is 0 Å². The Kier molecular flexibility index (Phi) is 4.66. The van der Waals surface area contributed by atoms with E-state index in [4.69, 9.17) is 16.7 Å². The topological polar surface area (TPSA) is 79.3 Å². The number of hydrogen-bond donors (Lipinski definition) is 2. The minimum absolute atomic E-state index is 0.155. The number of carboxylic acids is 1. The van der Waals surface area contributed by atoms with Crippen LogP contribution >= 0.6 is 11.6 Å². The van der Waals surface area contributed by atoms with Crippen molar-refractivity contribution in [2.24, 2.45) is 0 Å². The summed E-state index contributed by atoms with van der Waals surface area (Å²) in [6.07, 6.45) is 2.87. The predicted molar refractivity (Wildman–Crippen MR) is 63.0 cm³/mol. The molecule has 0 saturated heterocycles. The quantitative estimate of drug-likeness (QED) is 0.616. The predicted octanol–water partition coefficient (Wildman–Crippen LogP) is 1.49. The number of hydrogen-bond acceptors (Lipinski definition) is 3. The van der Waals surface area contributed by atoms with Gasteiger partial charge in [0.05, 0.1) is 5.56 Å². The molecule has 0 bridgehead atoms. The molecule has 0 fully saturated rings. The summed E-state index contributed by atoms with van der Waals surface area (Å²) in [5, 5.41) is 11.5. The number of nitrogens with zero attached hydrogens (tertiary/aromatic N) is 1. The van der Waals surface area contributed by atoms with Crippen LogP contribution in [0.2, 0.25) is 5.15 Å². The second kappa shape index (κ2) is 6.00. The fourth-order valence-corrected chi connectivity index (χ4v) is 1.25. The van der Waals surface area contributed by atoms with Crippen molar-refractivity contribution in [2.75, 3.05) is 0 Å². The zero-order valence-electron chi connectivity index (χ0n) is 8.89. The minimum Gasteiger partial charge on any atom is -0.480 e. The molecule has 1 aromatic heterocycles. The minimum atomic E-state index is -1.11. The summed E-state index contributed by atoms with van der Waals surface area (Å²) in [4.78, 5) is 26.2. The van der Waals surface area contributed by atoms with Gasteiger partial charge in [0, 0.05) is 6.20 Å². The molecule has 0 aromatic carbocycles. The monoisotopic (exact) mass is 254 g/mol. The number of carbonyl (C=O) groups is 2. The highest BCUT2D eigenvalue weighted by Crippen LogP contribution is 2.06. The average Bonchev–Trinajstić information content (AvgIpc) is 2.29. The summed E-state index contributed by atoms with van der Waals surface area (Å²) < 4.78 is 0. The number of aliphatic carboxylic acids is 1. The molecule has 1 rings (SSSR count). The first-order valence-corrected chi connectivity index (χ1v) is 5.18. The van der Waals surface area contributed by atoms with Crippen molar-refractivity contribution >= 4 is 23.5 Å². The summed E-state index contributed by atoms with van der Waals surface area (Å²) >= 11 is 5.57. The number of rotatable bonds is 5. The van der Waals surface area contributed by atoms with Crippen LogP contribution in [0, 0.1) is 0 Å². The van der Waals surface area contributed by atoms with Crippen LogP contribution in [-0.2, 0) is 4.79 Å². The number of aromatic nitrogens is 1. The van der Waals surface area contributed by atoms with Crippen LogP contribution in [0.15, 0.2) is 31.0 Å². The average molecular weight is 255 g/mol. The van der Waals surface area contributed by atoms with Crippen LogP contribution in [-0.4, -0.2) is 28.0 Å². The summed E-state index contributed by atoms with van der Waals surface area (Å²) in [7, 11) is 0. The van der Waals surface area contributed by atoms with Gasteiger partial charge in [-0.05, 0) is 18.6 Å². The number of carboxylic acid groups (broad SMARTS) is 1. The van der Waals surface area contributed by atoms with Crippen molar-refractivity contribution in [3.63, 3.8) is 0 Å². The molecule has 1 atom stereocenters. The Bertz CT molecular complexity index is 431. The molecule has 0 aliphatic carbocycles. The van der Waals surface area contributed by atoms with Crippen molar-refractivity contribution in [1.29, 1.82) is 0 Å². The van der Waals surface area contributed by atoms with Crippen molar-refractivity contribution in [1.82, 2.24) is 10.3 Å². The molecule has 1 aromatic rings. The first-order chi connectivity index (χ1) is 8.04. The molecule has 1 heterocycles. The van der Waals surface area contributed by atoms with E-state index in [1.807, 2.05) is 0 Å². The van der Waals surface area contributed by atoms with Gasteiger partial charge in [0.15, 0.2) is 0 Å². The largest absolute Gasteiger partial charge is 0.480 e. The van der Waals surface area contributed by atoms with Gasteiger partial charge in [-0.2, -0.15) is 0 Å². The van der Waals surface area contributed by atoms with Crippen molar-refractivity contribution in [3.05, 3.63) is 41.7 Å². The lowest BCUT2D eigenvalue weighted by atomic mass is 10.2. The molecule has 0 spiro atoms. The number of pyridine rings is 1. The third kappa shape index (κ3) is 3.88. The van der Waals surface area contributed by atoms with Gasteiger partial charge < -0.3 is 10.4 Å². The van der Waals surface area contributed by atoms with E-state index in [1.54, 1.807) is 0 Å². The van der Waals surface area contributed by atoms with Crippen LogP contribution in [0.1, 0.15) is 16.8 Å². The summed E-state index contributed by atoms with van der Waals surface area (Å²) in [6.45, 7) is 3.43. The van der Waals surface area contributed by atoms with Crippen LogP contribution in [0.3, 0.4) is 0 Å². The molecule has 17 heavy (non-hydrogen) atoms. The first kappa shape index (κ1) is 13.2. The molecule has 0 aliphatic rings. The van der Waals surface area contributed by atoms with E-state index < -0.39 is 17.9 Å². The van der Waals surface area contributed by atoms with E-state index in [-0.39, 0.29) is 17.1 Å². The van der Waals surface area contributed by atoms with E-state index in [0.717, 1.165) is 0 Å². The lowest BCUT2D eigenvalue weighted by Gasteiger charge is -2.12. The van der Waals surface area contributed by atoms with Gasteiger partial charge in [-0.25, -0.2) is 9.78 Å². The standard InChI is InChI=1S/C11H11ClN2O3/c1-2-3-8(11(16)17)14-10(15)7-4-5-9(12)13-6-7/h2,4-6,8H,1,3H2,(H,14,15)(H,16,17). The third-order valence-electron chi connectivity index (χ3n) is 2.00. The number of amides is 1. The van der Waals surface area contributed by atoms with Crippen LogP contribution in [0.4, 0.5) is 0 Å². The Morgan fingerprint density at radius 1 is 1.59 bits per heavy atom. The lowest BCUT2D eigenvalue weighted by Crippen LogP contribution is -2.40. The van der Waals surface area contributed by atoms with Crippen molar-refractivity contribution in [2.45, 2.75) is 12.5 Å². The Balaban J connectivity index is 2.73. The normalized spacial score (nSPS) is 11.6. The fraction of sp³-hybridized carbons (Fsp3) is 0.182. The highest BCUT2D eigenvalue weighted by atomic mass is 35.5. The maximum Gasteiger partial charge on any atom is 0.326 e. The zero-order chi connectivity index (χ0) is 12.8. The van der Waals surface area contributed by atoms with Crippen molar-refractivity contribution < 1.29 is 14.7 Å². The molecule has 6 heteroatoms. The lowest BCUT2D eigenvalue weighted by molar-refractivity contribution is -0.139. The maximum atomic E-state index is 11.7. The molecule has 5 nitrogen and oxygen atoms in total. The molecule has 0 saturated carbocycles. The molecule has 0 radical (unpaired) electrons. The Morgan fingerprint density at radius 2 is 2.29 bits per heavy atom. The second-order valence-corrected chi connectivity index (χ2v) is 3.65. The molecule has 1 amide bonds. The van der Waals surface area contributed by atoms with Gasteiger partial charge >= 0.3 is 5.97 Å². The zero-order valence-corrected chi connectivity index (χ0v) is 9.65. The maximum absolute atomic E-state index is 11.7. The second-order valence-electron chi connectivity index (χ2n) is 3.26. The van der Waals surface area contributed by atoms with Gasteiger partial charge in [-0.15, -0.1) is 6.58 Å². The molecule has 1 unspecified atom stereocenters. The molecular formula is C11H11ClN2O3. The van der Waals surface area contributed by atoms with Crippen LogP contribution < -0.4 is 5.32 Å². The van der Waals surface area contributed by atoms with E-state index in [9.17, 15) is 9.59 Å². The number of halogens is 1. The first-order valence-electron chi connectivity index (χ1n) is 4.80. The Hall–Kier alpha value is -1.88. The molecular weight excluding hydrogens is 244 g/mol. The summed E-state index contributed by atoms with van der Waals surface area (Å²) in [5.74, 6) is -1.62. The van der Waals surface area contributed by atoms with Gasteiger partial charge in [0.2, 0.25) is 0 Å². The fourth-order valence-electron chi connectivity index (χ4n) is 1.14. The van der Waals surface area contributed by atoms with E-state index >= 15 is 0 Å². The van der Waals surface area contributed by atoms with Gasteiger partial charge in [-0.3, -0.25) is 4.79 Å². The Labute approximate surface area is 103 Å². The molecule has 90 valence electrons. The summed E-state index contributed by atoms with van der Waals surface area (Å²) in [6, 6.07) is 1.94. The number of carbonyl (C=O) groups excluding carboxylic acids is 1. The van der Waals surface area contributed by atoms with E-state index in [2.05, 4.69) is 16.9 Å². The van der Waals surface area contributed by atoms with Gasteiger partial charge in [0.1, 0.15) is 11.2 Å². The number of nitrogens with one attached hydrogen (secondary N) is 1. The van der Waals surface area contributed by atoms with Crippen molar-refractivity contribution in [3.8, 4) is 0 Å². The summed E-state index contributed by atoms with van der Waals surface area (Å²) in [5.41, 5.74) is 0.254. The molecule has 0 aliphatic heterocycles. The highest BCUT2D eigenvalue weighted by molar-refractivity contribution is 6.29. The smallest absolute Gasteiger partial charge is 0.326 e. The third-order valence-corrected chi connectivity index (χ3v) is 2.22. The highest BCUT2D eigenvalue weighted by Gasteiger charge is 2.19. The van der Waals surface area contributed by atoms with E-state index in [1.165, 1.54) is 24.4 Å².